The van der Waals surface area contributed by atoms with E-state index in [1.807, 2.05) is 80.3 Å². The van der Waals surface area contributed by atoms with Gasteiger partial charge in [-0.1, -0.05) is 30.3 Å². The van der Waals surface area contributed by atoms with E-state index in [0.717, 1.165) is 33.4 Å². The van der Waals surface area contributed by atoms with Crippen LogP contribution in [0.1, 0.15) is 27.2 Å². The number of benzene rings is 2. The molecular formula is C23H22N4O. The summed E-state index contributed by atoms with van der Waals surface area (Å²) in [6, 6.07) is 17.8. The van der Waals surface area contributed by atoms with Crippen LogP contribution in [0.3, 0.4) is 0 Å². The quantitative estimate of drug-likeness (QED) is 0.538. The van der Waals surface area contributed by atoms with Gasteiger partial charge in [-0.2, -0.15) is 5.10 Å². The first-order valence-electron chi connectivity index (χ1n) is 9.24. The second-order valence-corrected chi connectivity index (χ2v) is 7.06. The number of para-hydroxylation sites is 1. The van der Waals surface area contributed by atoms with Crippen LogP contribution in [0.5, 0.6) is 0 Å². The van der Waals surface area contributed by atoms with Crippen molar-refractivity contribution in [2.24, 2.45) is 0 Å². The molecule has 5 nitrogen and oxygen atoms in total. The van der Waals surface area contributed by atoms with E-state index in [1.165, 1.54) is 0 Å². The van der Waals surface area contributed by atoms with E-state index in [2.05, 4.69) is 16.1 Å². The molecule has 5 heteroatoms. The monoisotopic (exact) mass is 370 g/mol. The topological polar surface area (TPSA) is 51.0 Å². The molecule has 0 spiro atoms. The highest BCUT2D eigenvalue weighted by atomic mass is 16.2. The highest BCUT2D eigenvalue weighted by Gasteiger charge is 2.17. The minimum atomic E-state index is -0.00871. The highest BCUT2D eigenvalue weighted by Crippen LogP contribution is 2.23. The molecule has 0 saturated heterocycles. The van der Waals surface area contributed by atoms with Crippen LogP contribution in [-0.4, -0.2) is 32.6 Å². The number of fused-ring (bicyclic) bond motifs is 1. The lowest BCUT2D eigenvalue weighted by Gasteiger charge is -2.19. The lowest BCUT2D eigenvalue weighted by atomic mass is 10.0. The van der Waals surface area contributed by atoms with Crippen molar-refractivity contribution < 1.29 is 4.79 Å². The maximum absolute atomic E-state index is 13.2. The molecule has 0 radical (unpaired) electrons. The number of rotatable bonds is 4. The molecule has 0 saturated carbocycles. The van der Waals surface area contributed by atoms with E-state index in [1.54, 1.807) is 11.1 Å². The van der Waals surface area contributed by atoms with Gasteiger partial charge in [-0.3, -0.25) is 9.78 Å². The van der Waals surface area contributed by atoms with Crippen LogP contribution in [0.2, 0.25) is 0 Å². The molecule has 28 heavy (non-hydrogen) atoms. The first-order chi connectivity index (χ1) is 13.5. The molecule has 0 bridgehead atoms. The summed E-state index contributed by atoms with van der Waals surface area (Å²) < 4.78 is 1.81. The Morgan fingerprint density at radius 1 is 1.07 bits per heavy atom. The molecule has 0 fully saturated rings. The molecular weight excluding hydrogens is 348 g/mol. The van der Waals surface area contributed by atoms with Gasteiger partial charge in [-0.15, -0.1) is 0 Å². The molecule has 1 amide bonds. The SMILES string of the molecule is Cc1cc(C(=O)N(C)Cc2cccc(-n3cccn3)c2)c2cccc(C)c2n1. The first-order valence-corrected chi connectivity index (χ1v) is 9.24. The summed E-state index contributed by atoms with van der Waals surface area (Å²) in [6.45, 7) is 4.46. The van der Waals surface area contributed by atoms with Crippen molar-refractivity contribution in [2.75, 3.05) is 7.05 Å². The molecule has 4 rings (SSSR count). The van der Waals surface area contributed by atoms with E-state index < -0.39 is 0 Å². The zero-order valence-corrected chi connectivity index (χ0v) is 16.3. The van der Waals surface area contributed by atoms with Crippen molar-refractivity contribution in [3.63, 3.8) is 0 Å². The van der Waals surface area contributed by atoms with Gasteiger partial charge in [-0.05, 0) is 49.2 Å². The van der Waals surface area contributed by atoms with Gasteiger partial charge in [0.2, 0.25) is 0 Å². The third kappa shape index (κ3) is 3.39. The molecule has 140 valence electrons. The van der Waals surface area contributed by atoms with Crippen LogP contribution in [0.25, 0.3) is 16.6 Å². The maximum Gasteiger partial charge on any atom is 0.254 e. The summed E-state index contributed by atoms with van der Waals surface area (Å²) in [5.41, 5.74) is 5.53. The third-order valence-corrected chi connectivity index (χ3v) is 4.85. The van der Waals surface area contributed by atoms with Crippen molar-refractivity contribution in [1.82, 2.24) is 19.7 Å². The Balaban J connectivity index is 1.64. The number of pyridine rings is 1. The molecule has 0 aliphatic rings. The van der Waals surface area contributed by atoms with Crippen LogP contribution in [0, 0.1) is 13.8 Å². The van der Waals surface area contributed by atoms with Gasteiger partial charge < -0.3 is 4.90 Å². The van der Waals surface area contributed by atoms with E-state index in [9.17, 15) is 4.79 Å². The average Bonchev–Trinajstić information content (AvgIpc) is 3.23. The fourth-order valence-corrected chi connectivity index (χ4v) is 3.47. The number of aryl methyl sites for hydroxylation is 2. The molecule has 0 atom stereocenters. The Kier molecular flexibility index (Phi) is 4.65. The minimum absolute atomic E-state index is 0.00871. The maximum atomic E-state index is 13.2. The van der Waals surface area contributed by atoms with Gasteiger partial charge in [0, 0.05) is 37.1 Å². The van der Waals surface area contributed by atoms with Gasteiger partial charge >= 0.3 is 0 Å². The molecule has 2 aromatic carbocycles. The Labute approximate surface area is 164 Å². The Morgan fingerprint density at radius 3 is 2.68 bits per heavy atom. The molecule has 0 N–H and O–H groups in total. The fraction of sp³-hybridized carbons (Fsp3) is 0.174. The zero-order valence-electron chi connectivity index (χ0n) is 16.3. The van der Waals surface area contributed by atoms with Gasteiger partial charge in [0.15, 0.2) is 0 Å². The smallest absolute Gasteiger partial charge is 0.254 e. The first kappa shape index (κ1) is 17.9. The van der Waals surface area contributed by atoms with Crippen LogP contribution in [0.15, 0.2) is 67.0 Å². The Bertz CT molecular complexity index is 1150. The van der Waals surface area contributed by atoms with Gasteiger partial charge in [0.25, 0.3) is 5.91 Å². The second kappa shape index (κ2) is 7.27. The van der Waals surface area contributed by atoms with Crippen molar-refractivity contribution >= 4 is 16.8 Å². The van der Waals surface area contributed by atoms with Crippen LogP contribution < -0.4 is 0 Å². The summed E-state index contributed by atoms with van der Waals surface area (Å²) in [7, 11) is 1.83. The van der Waals surface area contributed by atoms with Gasteiger partial charge in [-0.25, -0.2) is 4.68 Å². The molecule has 4 aromatic rings. The van der Waals surface area contributed by atoms with E-state index in [0.29, 0.717) is 12.1 Å². The predicted octanol–water partition coefficient (Wildman–Crippen LogP) is 4.31. The van der Waals surface area contributed by atoms with Gasteiger partial charge in [0.1, 0.15) is 0 Å². The summed E-state index contributed by atoms with van der Waals surface area (Å²) in [5.74, 6) is -0.00871. The fourth-order valence-electron chi connectivity index (χ4n) is 3.47. The molecule has 0 unspecified atom stereocenters. The number of carbonyl (C=O) groups is 1. The normalized spacial score (nSPS) is 11.0. The van der Waals surface area contributed by atoms with Crippen molar-refractivity contribution in [2.45, 2.75) is 20.4 Å². The molecule has 2 aromatic heterocycles. The summed E-state index contributed by atoms with van der Waals surface area (Å²) in [6.07, 6.45) is 3.66. The van der Waals surface area contributed by atoms with E-state index in [4.69, 9.17) is 0 Å². The number of carbonyl (C=O) groups excluding carboxylic acids is 1. The second-order valence-electron chi connectivity index (χ2n) is 7.06. The highest BCUT2D eigenvalue weighted by molar-refractivity contribution is 6.06. The summed E-state index contributed by atoms with van der Waals surface area (Å²) in [4.78, 5) is 19.6. The van der Waals surface area contributed by atoms with Crippen molar-refractivity contribution in [1.29, 1.82) is 0 Å². The van der Waals surface area contributed by atoms with E-state index in [-0.39, 0.29) is 5.91 Å². The van der Waals surface area contributed by atoms with Crippen molar-refractivity contribution in [3.8, 4) is 5.69 Å². The largest absolute Gasteiger partial charge is 0.337 e. The average molecular weight is 370 g/mol. The number of hydrogen-bond acceptors (Lipinski definition) is 3. The zero-order chi connectivity index (χ0) is 19.7. The van der Waals surface area contributed by atoms with Crippen LogP contribution in [-0.2, 0) is 6.54 Å². The lowest BCUT2D eigenvalue weighted by molar-refractivity contribution is 0.0787. The van der Waals surface area contributed by atoms with Crippen LogP contribution >= 0.6 is 0 Å². The number of hydrogen-bond donors (Lipinski definition) is 0. The predicted molar refractivity (Wildman–Crippen MR) is 111 cm³/mol. The number of amides is 1. The summed E-state index contributed by atoms with van der Waals surface area (Å²) >= 11 is 0. The molecule has 0 aliphatic carbocycles. The van der Waals surface area contributed by atoms with Crippen LogP contribution in [0.4, 0.5) is 0 Å². The van der Waals surface area contributed by atoms with E-state index >= 15 is 0 Å². The third-order valence-electron chi connectivity index (χ3n) is 4.85. The van der Waals surface area contributed by atoms with Crippen molar-refractivity contribution in [3.05, 3.63) is 89.4 Å². The number of nitrogens with zero attached hydrogens (tertiary/aromatic N) is 4. The standard InChI is InChI=1S/C23H22N4O/c1-16-7-4-10-20-21(13-17(2)25-22(16)20)23(28)26(3)15-18-8-5-9-19(14-18)27-12-6-11-24-27/h4-14H,15H2,1-3H3. The summed E-state index contributed by atoms with van der Waals surface area (Å²) in [5, 5.41) is 5.17. The minimum Gasteiger partial charge on any atom is -0.337 e. The Morgan fingerprint density at radius 2 is 1.89 bits per heavy atom. The van der Waals surface area contributed by atoms with Gasteiger partial charge in [0.05, 0.1) is 16.8 Å². The lowest BCUT2D eigenvalue weighted by Crippen LogP contribution is -2.26. The number of aromatic nitrogens is 3. The molecule has 2 heterocycles. The molecule has 0 aliphatic heterocycles. The Hall–Kier alpha value is -3.47.